The summed E-state index contributed by atoms with van der Waals surface area (Å²) < 4.78 is 5.82. The monoisotopic (exact) mass is 282 g/mol. The molecule has 0 radical (unpaired) electrons. The van der Waals surface area contributed by atoms with Crippen molar-refractivity contribution in [1.82, 2.24) is 0 Å². The van der Waals surface area contributed by atoms with Gasteiger partial charge in [-0.15, -0.1) is 0 Å². The lowest BCUT2D eigenvalue weighted by Crippen LogP contribution is -2.35. The second-order valence-corrected chi connectivity index (χ2v) is 5.57. The van der Waals surface area contributed by atoms with Crippen molar-refractivity contribution in [3.05, 3.63) is 59.7 Å². The molecule has 0 heterocycles. The van der Waals surface area contributed by atoms with Crippen molar-refractivity contribution in [2.45, 2.75) is 31.8 Å². The molecule has 0 unspecified atom stereocenters. The molecule has 0 spiro atoms. The minimum atomic E-state index is -1.41. The third-order valence-corrected chi connectivity index (χ3v) is 4.13. The molecule has 2 N–H and O–H groups in total. The number of benzene rings is 2. The molecular formula is C17H19BO3. The largest absolute Gasteiger partial charge is 0.489 e. The summed E-state index contributed by atoms with van der Waals surface area (Å²) in [5.41, 5.74) is 2.74. The third-order valence-electron chi connectivity index (χ3n) is 4.13. The van der Waals surface area contributed by atoms with E-state index in [1.807, 2.05) is 36.4 Å². The Kier molecular flexibility index (Phi) is 4.27. The fraction of sp³-hybridized carbons (Fsp3) is 0.294. The van der Waals surface area contributed by atoms with E-state index in [0.717, 1.165) is 29.7 Å². The van der Waals surface area contributed by atoms with Crippen LogP contribution in [0, 0.1) is 0 Å². The summed E-state index contributed by atoms with van der Waals surface area (Å²) in [6.07, 6.45) is 3.43. The van der Waals surface area contributed by atoms with Crippen molar-refractivity contribution in [3.8, 4) is 5.75 Å². The average Bonchev–Trinajstić information content (AvgIpc) is 2.44. The average molecular weight is 282 g/mol. The molecule has 1 aliphatic rings. The zero-order chi connectivity index (χ0) is 14.7. The second kappa shape index (κ2) is 6.33. The van der Waals surface area contributed by atoms with Gasteiger partial charge in [0.2, 0.25) is 0 Å². The first-order chi connectivity index (χ1) is 10.2. The summed E-state index contributed by atoms with van der Waals surface area (Å²) in [5.74, 6) is 1.22. The van der Waals surface area contributed by atoms with Crippen LogP contribution in [0.4, 0.5) is 0 Å². The summed E-state index contributed by atoms with van der Waals surface area (Å²) >= 11 is 0. The number of rotatable bonds is 5. The van der Waals surface area contributed by atoms with Gasteiger partial charge in [-0.25, -0.2) is 0 Å². The van der Waals surface area contributed by atoms with Gasteiger partial charge in [0, 0.05) is 0 Å². The fourth-order valence-electron chi connectivity index (χ4n) is 2.69. The summed E-state index contributed by atoms with van der Waals surface area (Å²) in [6.45, 7) is 0.520. The van der Waals surface area contributed by atoms with E-state index in [0.29, 0.717) is 18.0 Å². The first kappa shape index (κ1) is 14.2. The highest BCUT2D eigenvalue weighted by Crippen LogP contribution is 2.36. The van der Waals surface area contributed by atoms with Crippen molar-refractivity contribution < 1.29 is 14.8 Å². The van der Waals surface area contributed by atoms with E-state index in [4.69, 9.17) is 4.74 Å². The van der Waals surface area contributed by atoms with Crippen LogP contribution in [-0.2, 0) is 6.61 Å². The van der Waals surface area contributed by atoms with Gasteiger partial charge in [-0.3, -0.25) is 0 Å². The van der Waals surface area contributed by atoms with Crippen LogP contribution in [0.25, 0.3) is 0 Å². The van der Waals surface area contributed by atoms with Crippen molar-refractivity contribution in [2.24, 2.45) is 0 Å². The van der Waals surface area contributed by atoms with Gasteiger partial charge in [0.1, 0.15) is 12.4 Å². The first-order valence-corrected chi connectivity index (χ1v) is 7.41. The van der Waals surface area contributed by atoms with Crippen LogP contribution in [0.1, 0.15) is 36.3 Å². The highest BCUT2D eigenvalue weighted by atomic mass is 16.5. The Bertz CT molecular complexity index is 594. The Morgan fingerprint density at radius 1 is 1.05 bits per heavy atom. The van der Waals surface area contributed by atoms with E-state index in [1.54, 1.807) is 12.1 Å². The van der Waals surface area contributed by atoms with Crippen LogP contribution in [0.3, 0.4) is 0 Å². The molecular weight excluding hydrogens is 263 g/mol. The summed E-state index contributed by atoms with van der Waals surface area (Å²) in [7, 11) is -1.41. The molecule has 2 aromatic carbocycles. The van der Waals surface area contributed by atoms with Gasteiger partial charge >= 0.3 is 7.12 Å². The van der Waals surface area contributed by atoms with Gasteiger partial charge < -0.3 is 14.8 Å². The molecule has 0 bridgehead atoms. The zero-order valence-corrected chi connectivity index (χ0v) is 11.9. The second-order valence-electron chi connectivity index (χ2n) is 5.57. The predicted octanol–water partition coefficient (Wildman–Crippen LogP) is 2.21. The van der Waals surface area contributed by atoms with E-state index in [2.05, 4.69) is 0 Å². The van der Waals surface area contributed by atoms with E-state index in [9.17, 15) is 10.0 Å². The zero-order valence-electron chi connectivity index (χ0n) is 11.9. The Morgan fingerprint density at radius 2 is 1.81 bits per heavy atom. The normalized spacial score (nSPS) is 14.6. The van der Waals surface area contributed by atoms with Crippen LogP contribution >= 0.6 is 0 Å². The minimum Gasteiger partial charge on any atom is -0.489 e. The summed E-state index contributed by atoms with van der Waals surface area (Å²) in [4.78, 5) is 0. The molecule has 1 aliphatic carbocycles. The highest BCUT2D eigenvalue weighted by Gasteiger charge is 2.26. The van der Waals surface area contributed by atoms with E-state index in [-0.39, 0.29) is 0 Å². The van der Waals surface area contributed by atoms with Crippen molar-refractivity contribution in [3.63, 3.8) is 0 Å². The molecule has 21 heavy (non-hydrogen) atoms. The fourth-order valence-corrected chi connectivity index (χ4v) is 2.69. The molecule has 0 saturated heterocycles. The highest BCUT2D eigenvalue weighted by molar-refractivity contribution is 6.59. The number of hydrogen-bond acceptors (Lipinski definition) is 3. The molecule has 0 amide bonds. The molecule has 1 saturated carbocycles. The van der Waals surface area contributed by atoms with Gasteiger partial charge in [-0.2, -0.15) is 0 Å². The van der Waals surface area contributed by atoms with Gasteiger partial charge in [-0.1, -0.05) is 42.8 Å². The van der Waals surface area contributed by atoms with Gasteiger partial charge in [-0.05, 0) is 47.5 Å². The first-order valence-electron chi connectivity index (χ1n) is 7.41. The van der Waals surface area contributed by atoms with Crippen molar-refractivity contribution >= 4 is 12.6 Å². The smallest absolute Gasteiger partial charge is 0.488 e. The maximum absolute atomic E-state index is 9.49. The topological polar surface area (TPSA) is 49.7 Å². The SMILES string of the molecule is OB(O)c1ccc(OCc2ccccc2)cc1C1CCC1. The molecule has 108 valence electrons. The van der Waals surface area contributed by atoms with Crippen LogP contribution < -0.4 is 10.2 Å². The van der Waals surface area contributed by atoms with E-state index >= 15 is 0 Å². The van der Waals surface area contributed by atoms with Crippen molar-refractivity contribution in [2.75, 3.05) is 0 Å². The Hall–Kier alpha value is -1.78. The van der Waals surface area contributed by atoms with Crippen LogP contribution in [0.5, 0.6) is 5.75 Å². The third kappa shape index (κ3) is 3.28. The lowest BCUT2D eigenvalue weighted by Gasteiger charge is -2.28. The van der Waals surface area contributed by atoms with Crippen LogP contribution in [0.15, 0.2) is 48.5 Å². The van der Waals surface area contributed by atoms with Gasteiger partial charge in [0.25, 0.3) is 0 Å². The molecule has 1 fully saturated rings. The number of hydrogen-bond donors (Lipinski definition) is 2. The lowest BCUT2D eigenvalue weighted by atomic mass is 9.69. The molecule has 0 aliphatic heterocycles. The van der Waals surface area contributed by atoms with Crippen LogP contribution in [0.2, 0.25) is 0 Å². The Balaban J connectivity index is 1.76. The van der Waals surface area contributed by atoms with Gasteiger partial charge in [0.15, 0.2) is 0 Å². The molecule has 4 heteroatoms. The predicted molar refractivity (Wildman–Crippen MR) is 83.6 cm³/mol. The van der Waals surface area contributed by atoms with E-state index in [1.165, 1.54) is 6.42 Å². The summed E-state index contributed by atoms with van der Waals surface area (Å²) in [5, 5.41) is 19.0. The molecule has 3 nitrogen and oxygen atoms in total. The Labute approximate surface area is 125 Å². The van der Waals surface area contributed by atoms with Crippen LogP contribution in [-0.4, -0.2) is 17.2 Å². The minimum absolute atomic E-state index is 0.432. The summed E-state index contributed by atoms with van der Waals surface area (Å²) in [6, 6.07) is 15.5. The quantitative estimate of drug-likeness (QED) is 0.827. The molecule has 3 rings (SSSR count). The standard InChI is InChI=1S/C17H19BO3/c19-18(20)17-10-9-15(11-16(17)14-7-4-8-14)21-12-13-5-2-1-3-6-13/h1-3,5-6,9-11,14,19-20H,4,7-8,12H2. The Morgan fingerprint density at radius 3 is 2.43 bits per heavy atom. The molecule has 0 atom stereocenters. The maximum Gasteiger partial charge on any atom is 0.488 e. The number of ether oxygens (including phenoxy) is 1. The molecule has 2 aromatic rings. The van der Waals surface area contributed by atoms with Gasteiger partial charge in [0.05, 0.1) is 0 Å². The van der Waals surface area contributed by atoms with E-state index < -0.39 is 7.12 Å². The van der Waals surface area contributed by atoms with Crippen molar-refractivity contribution in [1.29, 1.82) is 0 Å². The lowest BCUT2D eigenvalue weighted by molar-refractivity contribution is 0.305. The molecule has 0 aromatic heterocycles. The maximum atomic E-state index is 9.49.